The molecule has 0 radical (unpaired) electrons. The number of H-pyrrole nitrogens is 1. The van der Waals surface area contributed by atoms with E-state index in [-0.39, 0.29) is 22.9 Å². The molecule has 0 fully saturated rings. The molecule has 0 saturated carbocycles. The molecule has 2 aromatic carbocycles. The third-order valence-electron chi connectivity index (χ3n) is 6.39. The molecule has 0 bridgehead atoms. The van der Waals surface area contributed by atoms with Gasteiger partial charge in [-0.25, -0.2) is 4.57 Å². The molecule has 182 valence electrons. The number of hydrogen-bond donors (Lipinski definition) is 1. The Kier molecular flexibility index (Phi) is 5.88. The number of ketones is 2. The minimum atomic E-state index is -0.181. The lowest BCUT2D eigenvalue weighted by atomic mass is 10.1. The number of aryl methyl sites for hydroxylation is 3. The fraction of sp³-hybridized carbons (Fsp3) is 0.222. The minimum absolute atomic E-state index is 0.0766. The van der Waals surface area contributed by atoms with Gasteiger partial charge in [-0.1, -0.05) is 41.6 Å². The number of para-hydroxylation sites is 1. The number of nitrogens with zero attached hydrogens (tertiary/aromatic N) is 4. The number of rotatable bonds is 6. The van der Waals surface area contributed by atoms with Gasteiger partial charge in [0.15, 0.2) is 16.7 Å². The Morgan fingerprint density at radius 1 is 1.03 bits per heavy atom. The molecule has 3 heterocycles. The summed E-state index contributed by atoms with van der Waals surface area (Å²) >= 11 is 1.24. The summed E-state index contributed by atoms with van der Waals surface area (Å²) in [6, 6.07) is 13.2. The first-order valence-corrected chi connectivity index (χ1v) is 12.5. The summed E-state index contributed by atoms with van der Waals surface area (Å²) in [7, 11) is 0. The Morgan fingerprint density at radius 3 is 2.47 bits per heavy atom. The molecule has 0 amide bonds. The number of aromatic amines is 1. The van der Waals surface area contributed by atoms with E-state index in [0.29, 0.717) is 44.4 Å². The number of aromatic nitrogens is 5. The smallest absolute Gasteiger partial charge is 0.267 e. The van der Waals surface area contributed by atoms with Gasteiger partial charge in [-0.3, -0.25) is 18.8 Å². The second-order valence-corrected chi connectivity index (χ2v) is 9.90. The van der Waals surface area contributed by atoms with Gasteiger partial charge in [0.2, 0.25) is 5.78 Å². The monoisotopic (exact) mass is 499 g/mol. The number of fused-ring (bicyclic) bond motifs is 3. The van der Waals surface area contributed by atoms with E-state index in [1.807, 2.05) is 54.6 Å². The zero-order valence-electron chi connectivity index (χ0n) is 20.7. The fourth-order valence-electron chi connectivity index (χ4n) is 4.80. The van der Waals surface area contributed by atoms with Crippen LogP contribution in [0.2, 0.25) is 0 Å². The number of benzene rings is 2. The number of hydrogen-bond acceptors (Lipinski definition) is 6. The molecule has 0 aliphatic carbocycles. The van der Waals surface area contributed by atoms with Crippen molar-refractivity contribution >= 4 is 40.0 Å². The molecule has 5 rings (SSSR count). The van der Waals surface area contributed by atoms with Crippen molar-refractivity contribution < 1.29 is 9.59 Å². The van der Waals surface area contributed by atoms with Gasteiger partial charge in [0, 0.05) is 11.3 Å². The van der Waals surface area contributed by atoms with Gasteiger partial charge in [-0.05, 0) is 63.9 Å². The zero-order chi connectivity index (χ0) is 25.7. The van der Waals surface area contributed by atoms with Gasteiger partial charge in [-0.2, -0.15) is 0 Å². The maximum Gasteiger partial charge on any atom is 0.267 e. The predicted molar refractivity (Wildman–Crippen MR) is 141 cm³/mol. The second kappa shape index (κ2) is 8.91. The number of Topliss-reactive ketones (excluding diaryl/α,β-unsaturated/α-hetero) is 2. The predicted octanol–water partition coefficient (Wildman–Crippen LogP) is 4.77. The van der Waals surface area contributed by atoms with Gasteiger partial charge >= 0.3 is 0 Å². The van der Waals surface area contributed by atoms with E-state index in [1.165, 1.54) is 18.7 Å². The van der Waals surface area contributed by atoms with E-state index in [9.17, 15) is 14.4 Å². The first-order chi connectivity index (χ1) is 17.2. The molecule has 5 aromatic rings. The first-order valence-electron chi connectivity index (χ1n) is 11.5. The van der Waals surface area contributed by atoms with Crippen molar-refractivity contribution in [2.75, 3.05) is 5.75 Å². The summed E-state index contributed by atoms with van der Waals surface area (Å²) in [4.78, 5) is 41.7. The first kappa shape index (κ1) is 23.7. The Morgan fingerprint density at radius 2 is 1.78 bits per heavy atom. The third-order valence-corrected chi connectivity index (χ3v) is 7.32. The number of carbonyl (C=O) groups is 2. The number of nitrogens with one attached hydrogen (secondary N) is 1. The van der Waals surface area contributed by atoms with E-state index in [1.54, 1.807) is 24.5 Å². The molecule has 0 aliphatic heterocycles. The van der Waals surface area contributed by atoms with Crippen molar-refractivity contribution in [1.82, 2.24) is 24.1 Å². The molecule has 0 spiro atoms. The molecule has 1 N–H and O–H groups in total. The van der Waals surface area contributed by atoms with Gasteiger partial charge in [0.05, 0.1) is 28.0 Å². The van der Waals surface area contributed by atoms with Crippen LogP contribution in [0.3, 0.4) is 0 Å². The average Bonchev–Trinajstić information content (AvgIpc) is 3.39. The fourth-order valence-corrected chi connectivity index (χ4v) is 5.62. The van der Waals surface area contributed by atoms with Crippen molar-refractivity contribution in [3.63, 3.8) is 0 Å². The summed E-state index contributed by atoms with van der Waals surface area (Å²) in [6.45, 7) is 9.03. The van der Waals surface area contributed by atoms with E-state index < -0.39 is 0 Å². The second-order valence-electron chi connectivity index (χ2n) is 8.96. The van der Waals surface area contributed by atoms with E-state index >= 15 is 0 Å². The van der Waals surface area contributed by atoms with Crippen LogP contribution >= 0.6 is 11.8 Å². The van der Waals surface area contributed by atoms with Crippen LogP contribution in [0.4, 0.5) is 0 Å². The molecule has 0 unspecified atom stereocenters. The largest absolute Gasteiger partial charge is 0.355 e. The SMILES string of the molecule is CC(=O)c1c(C)[nH]c(C(=O)CSc2nnc3n(-c4ccc(C)cc4C)c(=O)c4ccccc4n23)c1C. The lowest BCUT2D eigenvalue weighted by Gasteiger charge is -2.13. The Labute approximate surface area is 211 Å². The lowest BCUT2D eigenvalue weighted by Crippen LogP contribution is -2.22. The molecule has 0 atom stereocenters. The van der Waals surface area contributed by atoms with Gasteiger partial charge in [-0.15, -0.1) is 10.2 Å². The van der Waals surface area contributed by atoms with E-state index in [2.05, 4.69) is 15.2 Å². The molecule has 0 aliphatic rings. The standard InChI is InChI=1S/C27H25N5O3S/c1-14-10-11-20(15(2)12-14)31-25(35)19-8-6-7-9-21(19)32-26(31)29-30-27(32)36-13-22(34)24-16(3)23(18(5)33)17(4)28-24/h6-12,28H,13H2,1-5H3. The highest BCUT2D eigenvalue weighted by Crippen LogP contribution is 2.26. The number of carbonyl (C=O) groups excluding carboxylic acids is 2. The van der Waals surface area contributed by atoms with Gasteiger partial charge in [0.1, 0.15) is 0 Å². The highest BCUT2D eigenvalue weighted by atomic mass is 32.2. The van der Waals surface area contributed by atoms with Gasteiger partial charge < -0.3 is 4.98 Å². The summed E-state index contributed by atoms with van der Waals surface area (Å²) in [5, 5.41) is 9.76. The van der Waals surface area contributed by atoms with Crippen molar-refractivity contribution in [2.45, 2.75) is 39.8 Å². The molecular weight excluding hydrogens is 474 g/mol. The Balaban J connectivity index is 1.62. The summed E-state index contributed by atoms with van der Waals surface area (Å²) < 4.78 is 3.40. The zero-order valence-corrected chi connectivity index (χ0v) is 21.5. The summed E-state index contributed by atoms with van der Waals surface area (Å²) in [5.74, 6) is 0.256. The average molecular weight is 500 g/mol. The van der Waals surface area contributed by atoms with E-state index in [4.69, 9.17) is 0 Å². The normalized spacial score (nSPS) is 11.5. The van der Waals surface area contributed by atoms with Crippen LogP contribution in [0.5, 0.6) is 0 Å². The van der Waals surface area contributed by atoms with Crippen LogP contribution in [-0.2, 0) is 0 Å². The molecule has 3 aromatic heterocycles. The molecule has 9 heteroatoms. The topological polar surface area (TPSA) is 102 Å². The van der Waals surface area contributed by atoms with Crippen LogP contribution in [0.15, 0.2) is 52.4 Å². The Bertz CT molecular complexity index is 1760. The highest BCUT2D eigenvalue weighted by Gasteiger charge is 2.22. The summed E-state index contributed by atoms with van der Waals surface area (Å²) in [6.07, 6.45) is 0. The summed E-state index contributed by atoms with van der Waals surface area (Å²) in [5.41, 5.74) is 5.59. The maximum atomic E-state index is 13.6. The van der Waals surface area contributed by atoms with Crippen molar-refractivity contribution in [2.24, 2.45) is 0 Å². The molecule has 0 saturated heterocycles. The van der Waals surface area contributed by atoms with E-state index in [0.717, 1.165) is 16.8 Å². The molecule has 36 heavy (non-hydrogen) atoms. The Hall–Kier alpha value is -3.98. The highest BCUT2D eigenvalue weighted by molar-refractivity contribution is 7.99. The van der Waals surface area contributed by atoms with Crippen LogP contribution in [-0.4, -0.2) is 41.5 Å². The quantitative estimate of drug-likeness (QED) is 0.267. The van der Waals surface area contributed by atoms with Crippen molar-refractivity contribution in [1.29, 1.82) is 0 Å². The van der Waals surface area contributed by atoms with Crippen LogP contribution in [0, 0.1) is 27.7 Å². The molecule has 8 nitrogen and oxygen atoms in total. The van der Waals surface area contributed by atoms with Crippen LogP contribution < -0.4 is 5.56 Å². The third kappa shape index (κ3) is 3.76. The minimum Gasteiger partial charge on any atom is -0.355 e. The number of thioether (sulfide) groups is 1. The van der Waals surface area contributed by atoms with Crippen molar-refractivity contribution in [3.8, 4) is 5.69 Å². The van der Waals surface area contributed by atoms with Crippen LogP contribution in [0.1, 0.15) is 50.2 Å². The van der Waals surface area contributed by atoms with Gasteiger partial charge in [0.25, 0.3) is 5.56 Å². The van der Waals surface area contributed by atoms with Crippen molar-refractivity contribution in [3.05, 3.63) is 86.5 Å². The molecular formula is C27H25N5O3S. The lowest BCUT2D eigenvalue weighted by molar-refractivity contribution is 0.101. The maximum absolute atomic E-state index is 13.6. The van der Waals surface area contributed by atoms with Crippen LogP contribution in [0.25, 0.3) is 22.4 Å².